The van der Waals surface area contributed by atoms with Crippen molar-refractivity contribution in [3.63, 3.8) is 0 Å². The minimum atomic E-state index is 0.232. The molecule has 0 aromatic heterocycles. The highest BCUT2D eigenvalue weighted by Gasteiger charge is 2.31. The number of nitrogens with one attached hydrogen (secondary N) is 2. The van der Waals surface area contributed by atoms with Crippen LogP contribution in [0.25, 0.3) is 0 Å². The first-order valence-corrected chi connectivity index (χ1v) is 7.92. The molecule has 2 aliphatic rings. The van der Waals surface area contributed by atoms with Gasteiger partial charge in [-0.1, -0.05) is 13.8 Å². The summed E-state index contributed by atoms with van der Waals surface area (Å²) in [5.74, 6) is 0.232. The second kappa shape index (κ2) is 7.25. The van der Waals surface area contributed by atoms with Gasteiger partial charge < -0.3 is 15.5 Å². The Labute approximate surface area is 117 Å². The molecule has 19 heavy (non-hydrogen) atoms. The van der Waals surface area contributed by atoms with Crippen molar-refractivity contribution in [1.29, 1.82) is 0 Å². The van der Waals surface area contributed by atoms with Gasteiger partial charge in [0.25, 0.3) is 0 Å². The summed E-state index contributed by atoms with van der Waals surface area (Å²) in [6.07, 6.45) is 6.63. The predicted octanol–water partition coefficient (Wildman–Crippen LogP) is 1.51. The molecule has 1 amide bonds. The Morgan fingerprint density at radius 1 is 1.21 bits per heavy atom. The minimum absolute atomic E-state index is 0.232. The summed E-state index contributed by atoms with van der Waals surface area (Å²) in [5, 5.41) is 6.54. The van der Waals surface area contributed by atoms with Crippen LogP contribution in [0.1, 0.15) is 52.4 Å². The first kappa shape index (κ1) is 14.8. The normalized spacial score (nSPS) is 21.8. The van der Waals surface area contributed by atoms with E-state index in [4.69, 9.17) is 0 Å². The van der Waals surface area contributed by atoms with Gasteiger partial charge in [0.1, 0.15) is 0 Å². The summed E-state index contributed by atoms with van der Waals surface area (Å²) in [4.78, 5) is 14.4. The number of carbonyl (C=O) groups is 1. The summed E-state index contributed by atoms with van der Waals surface area (Å²) in [6, 6.07) is 1.80. The zero-order valence-electron chi connectivity index (χ0n) is 12.5. The van der Waals surface area contributed by atoms with Gasteiger partial charge in [-0.3, -0.25) is 4.79 Å². The predicted molar refractivity (Wildman–Crippen MR) is 78.1 cm³/mol. The van der Waals surface area contributed by atoms with Gasteiger partial charge in [0.15, 0.2) is 0 Å². The smallest absolute Gasteiger partial charge is 0.220 e. The van der Waals surface area contributed by atoms with Crippen LogP contribution in [0.2, 0.25) is 0 Å². The second-order valence-electron chi connectivity index (χ2n) is 6.32. The number of rotatable bonds is 7. The van der Waals surface area contributed by atoms with E-state index < -0.39 is 0 Å². The van der Waals surface area contributed by atoms with Gasteiger partial charge >= 0.3 is 0 Å². The summed E-state index contributed by atoms with van der Waals surface area (Å²) in [7, 11) is 0. The molecule has 0 radical (unpaired) electrons. The molecule has 4 heteroatoms. The van der Waals surface area contributed by atoms with Gasteiger partial charge in [0.05, 0.1) is 0 Å². The Kier molecular flexibility index (Phi) is 5.64. The molecule has 0 unspecified atom stereocenters. The van der Waals surface area contributed by atoms with Gasteiger partial charge in [0.2, 0.25) is 5.91 Å². The van der Waals surface area contributed by atoms with Gasteiger partial charge in [-0.25, -0.2) is 0 Å². The molecule has 1 aliphatic heterocycles. The summed E-state index contributed by atoms with van der Waals surface area (Å²) in [5.41, 5.74) is 0. The Morgan fingerprint density at radius 3 is 2.47 bits per heavy atom. The average Bonchev–Trinajstić information content (AvgIpc) is 3.20. The van der Waals surface area contributed by atoms with Crippen molar-refractivity contribution in [2.75, 3.05) is 19.6 Å². The van der Waals surface area contributed by atoms with Crippen molar-refractivity contribution in [2.24, 2.45) is 0 Å². The zero-order chi connectivity index (χ0) is 13.7. The standard InChI is InChI=1S/C15H29N3O/c1-12(2)16-9-3-4-15(19)17-13-7-10-18(11-8-13)14-5-6-14/h12-14,16H,3-11H2,1-2H3,(H,17,19). The van der Waals surface area contributed by atoms with Crippen LogP contribution in [-0.2, 0) is 4.79 Å². The lowest BCUT2D eigenvalue weighted by Gasteiger charge is -2.32. The topological polar surface area (TPSA) is 44.4 Å². The van der Waals surface area contributed by atoms with E-state index >= 15 is 0 Å². The van der Waals surface area contributed by atoms with Crippen molar-refractivity contribution in [1.82, 2.24) is 15.5 Å². The zero-order valence-corrected chi connectivity index (χ0v) is 12.5. The summed E-state index contributed by atoms with van der Waals surface area (Å²) in [6.45, 7) is 7.54. The molecule has 2 N–H and O–H groups in total. The number of piperidine rings is 1. The lowest BCUT2D eigenvalue weighted by atomic mass is 10.0. The fourth-order valence-electron chi connectivity index (χ4n) is 2.79. The fourth-order valence-corrected chi connectivity index (χ4v) is 2.79. The lowest BCUT2D eigenvalue weighted by Crippen LogP contribution is -2.45. The van der Waals surface area contributed by atoms with Crippen LogP contribution in [0, 0.1) is 0 Å². The quantitative estimate of drug-likeness (QED) is 0.687. The molecule has 0 bridgehead atoms. The van der Waals surface area contributed by atoms with Crippen LogP contribution in [0.4, 0.5) is 0 Å². The van der Waals surface area contributed by atoms with E-state index in [1.54, 1.807) is 0 Å². The number of hydrogen-bond acceptors (Lipinski definition) is 3. The third kappa shape index (κ3) is 5.49. The molecule has 0 aromatic rings. The molecule has 4 nitrogen and oxygen atoms in total. The van der Waals surface area contributed by atoms with Crippen molar-refractivity contribution in [3.8, 4) is 0 Å². The van der Waals surface area contributed by atoms with E-state index in [-0.39, 0.29) is 5.91 Å². The maximum Gasteiger partial charge on any atom is 0.220 e. The average molecular weight is 267 g/mol. The van der Waals surface area contributed by atoms with Crippen LogP contribution in [0.15, 0.2) is 0 Å². The maximum atomic E-state index is 11.8. The molecule has 2 fully saturated rings. The van der Waals surface area contributed by atoms with E-state index in [1.165, 1.54) is 25.9 Å². The molecule has 1 saturated carbocycles. The van der Waals surface area contributed by atoms with Gasteiger partial charge in [0, 0.05) is 37.6 Å². The van der Waals surface area contributed by atoms with Gasteiger partial charge in [-0.05, 0) is 38.6 Å². The highest BCUT2D eigenvalue weighted by Crippen LogP contribution is 2.29. The fraction of sp³-hybridized carbons (Fsp3) is 0.933. The van der Waals surface area contributed by atoms with Crippen LogP contribution < -0.4 is 10.6 Å². The maximum absolute atomic E-state index is 11.8. The largest absolute Gasteiger partial charge is 0.353 e. The van der Waals surface area contributed by atoms with E-state index in [0.717, 1.165) is 31.8 Å². The Morgan fingerprint density at radius 2 is 1.89 bits per heavy atom. The van der Waals surface area contributed by atoms with E-state index in [1.807, 2.05) is 0 Å². The van der Waals surface area contributed by atoms with E-state index in [0.29, 0.717) is 18.5 Å². The highest BCUT2D eigenvalue weighted by atomic mass is 16.1. The Hall–Kier alpha value is -0.610. The highest BCUT2D eigenvalue weighted by molar-refractivity contribution is 5.76. The molecular formula is C15H29N3O. The van der Waals surface area contributed by atoms with Crippen LogP contribution in [-0.4, -0.2) is 48.6 Å². The first-order valence-electron chi connectivity index (χ1n) is 7.92. The molecule has 110 valence electrons. The number of carbonyl (C=O) groups excluding carboxylic acids is 1. The molecule has 2 rings (SSSR count). The summed E-state index contributed by atoms with van der Waals surface area (Å²) >= 11 is 0. The molecule has 1 heterocycles. The number of amides is 1. The Bertz CT molecular complexity index is 281. The van der Waals surface area contributed by atoms with Gasteiger partial charge in [-0.15, -0.1) is 0 Å². The third-order valence-corrected chi connectivity index (χ3v) is 4.09. The van der Waals surface area contributed by atoms with Crippen molar-refractivity contribution in [2.45, 2.75) is 70.5 Å². The van der Waals surface area contributed by atoms with Crippen LogP contribution in [0.3, 0.4) is 0 Å². The number of nitrogens with zero attached hydrogens (tertiary/aromatic N) is 1. The lowest BCUT2D eigenvalue weighted by molar-refractivity contribution is -0.122. The van der Waals surface area contributed by atoms with Crippen molar-refractivity contribution in [3.05, 3.63) is 0 Å². The molecule has 0 spiro atoms. The molecule has 0 atom stereocenters. The SMILES string of the molecule is CC(C)NCCCC(=O)NC1CCN(C2CC2)CC1. The first-order chi connectivity index (χ1) is 9.15. The molecule has 1 saturated heterocycles. The van der Waals surface area contributed by atoms with E-state index in [2.05, 4.69) is 29.4 Å². The van der Waals surface area contributed by atoms with Gasteiger partial charge in [-0.2, -0.15) is 0 Å². The second-order valence-corrected chi connectivity index (χ2v) is 6.32. The minimum Gasteiger partial charge on any atom is -0.353 e. The molecular weight excluding hydrogens is 238 g/mol. The molecule has 0 aromatic carbocycles. The van der Waals surface area contributed by atoms with Crippen LogP contribution in [0.5, 0.6) is 0 Å². The Balaban J connectivity index is 1.53. The number of hydrogen-bond donors (Lipinski definition) is 2. The van der Waals surface area contributed by atoms with Crippen LogP contribution >= 0.6 is 0 Å². The monoisotopic (exact) mass is 267 g/mol. The third-order valence-electron chi connectivity index (χ3n) is 4.09. The van der Waals surface area contributed by atoms with Crippen molar-refractivity contribution >= 4 is 5.91 Å². The number of likely N-dealkylation sites (tertiary alicyclic amines) is 1. The van der Waals surface area contributed by atoms with Crippen molar-refractivity contribution < 1.29 is 4.79 Å². The van der Waals surface area contributed by atoms with E-state index in [9.17, 15) is 4.79 Å². The molecule has 1 aliphatic carbocycles. The summed E-state index contributed by atoms with van der Waals surface area (Å²) < 4.78 is 0.